The second kappa shape index (κ2) is 8.17. The van der Waals surface area contributed by atoms with Gasteiger partial charge in [-0.15, -0.1) is 0 Å². The van der Waals surface area contributed by atoms with Crippen LogP contribution in [0.15, 0.2) is 22.7 Å². The molecule has 0 fully saturated rings. The highest BCUT2D eigenvalue weighted by Crippen LogP contribution is 2.20. The molecule has 0 atom stereocenters. The zero-order valence-corrected chi connectivity index (χ0v) is 13.3. The summed E-state index contributed by atoms with van der Waals surface area (Å²) in [6.07, 6.45) is 0.920. The van der Waals surface area contributed by atoms with Crippen molar-refractivity contribution in [2.75, 3.05) is 18.4 Å². The lowest BCUT2D eigenvalue weighted by atomic mass is 10.2. The molecule has 0 bridgehead atoms. The van der Waals surface area contributed by atoms with E-state index < -0.39 is 0 Å². The Balaban J connectivity index is 2.29. The van der Waals surface area contributed by atoms with Gasteiger partial charge in [0.15, 0.2) is 0 Å². The normalized spacial score (nSPS) is 10.6. The smallest absolute Gasteiger partial charge is 0.319 e. The number of hydrogen-bond donors (Lipinski definition) is 3. The third-order valence-electron chi connectivity index (χ3n) is 2.64. The van der Waals surface area contributed by atoms with Gasteiger partial charge < -0.3 is 16.0 Å². The summed E-state index contributed by atoms with van der Waals surface area (Å²) in [7, 11) is 0. The molecule has 0 aromatic heterocycles. The lowest BCUT2D eigenvalue weighted by molar-refractivity contribution is 0.252. The van der Waals surface area contributed by atoms with Gasteiger partial charge in [0.05, 0.1) is 0 Å². The van der Waals surface area contributed by atoms with Crippen molar-refractivity contribution in [2.45, 2.75) is 33.2 Å². The summed E-state index contributed by atoms with van der Waals surface area (Å²) in [4.78, 5) is 11.7. The number of nitrogens with one attached hydrogen (secondary N) is 3. The highest BCUT2D eigenvalue weighted by Gasteiger charge is 2.04. The number of benzene rings is 1. The average Bonchev–Trinajstić information content (AvgIpc) is 2.33. The van der Waals surface area contributed by atoms with Crippen LogP contribution < -0.4 is 16.0 Å². The van der Waals surface area contributed by atoms with E-state index in [1.165, 1.54) is 0 Å². The average molecular weight is 328 g/mol. The Bertz CT molecular complexity index is 421. The topological polar surface area (TPSA) is 53.2 Å². The molecule has 106 valence electrons. The van der Waals surface area contributed by atoms with Crippen LogP contribution in [-0.2, 0) is 0 Å². The number of urea groups is 1. The van der Waals surface area contributed by atoms with Crippen LogP contribution >= 0.6 is 15.9 Å². The number of halogens is 1. The lowest BCUT2D eigenvalue weighted by Gasteiger charge is -2.11. The molecule has 4 nitrogen and oxygen atoms in total. The molecule has 0 spiro atoms. The zero-order valence-electron chi connectivity index (χ0n) is 11.7. The summed E-state index contributed by atoms with van der Waals surface area (Å²) in [6, 6.07) is 6.14. The Hall–Kier alpha value is -1.07. The third-order valence-corrected chi connectivity index (χ3v) is 3.13. The monoisotopic (exact) mass is 327 g/mol. The number of amides is 2. The van der Waals surface area contributed by atoms with E-state index in [0.29, 0.717) is 12.6 Å². The Kier molecular flexibility index (Phi) is 6.87. The van der Waals surface area contributed by atoms with Gasteiger partial charge in [0.2, 0.25) is 0 Å². The molecule has 0 aliphatic carbocycles. The van der Waals surface area contributed by atoms with E-state index in [1.807, 2.05) is 25.1 Å². The zero-order chi connectivity index (χ0) is 14.3. The Morgan fingerprint density at radius 1 is 1.32 bits per heavy atom. The minimum Gasteiger partial charge on any atom is -0.338 e. The Labute approximate surface area is 123 Å². The van der Waals surface area contributed by atoms with Gasteiger partial charge in [0.1, 0.15) is 0 Å². The molecule has 0 saturated carbocycles. The van der Waals surface area contributed by atoms with E-state index in [0.717, 1.165) is 28.7 Å². The van der Waals surface area contributed by atoms with Gasteiger partial charge in [-0.2, -0.15) is 0 Å². The molecule has 0 aliphatic rings. The standard InChI is InChI=1S/C14H22BrN3O/c1-10(2)16-7-4-8-17-14(19)18-13-9-12(15)6-5-11(13)3/h5-6,9-10,16H,4,7-8H2,1-3H3,(H2,17,18,19). The van der Waals surface area contributed by atoms with Crippen LogP contribution in [0.25, 0.3) is 0 Å². The first kappa shape index (κ1) is 16.0. The summed E-state index contributed by atoms with van der Waals surface area (Å²) in [5.74, 6) is 0. The molecule has 1 aromatic carbocycles. The van der Waals surface area contributed by atoms with E-state index in [9.17, 15) is 4.79 Å². The van der Waals surface area contributed by atoms with Crippen LogP contribution in [0.2, 0.25) is 0 Å². The van der Waals surface area contributed by atoms with Crippen molar-refractivity contribution >= 4 is 27.6 Å². The van der Waals surface area contributed by atoms with Gasteiger partial charge in [-0.25, -0.2) is 4.79 Å². The molecule has 0 aliphatic heterocycles. The number of carbonyl (C=O) groups excluding carboxylic acids is 1. The van der Waals surface area contributed by atoms with Crippen molar-refractivity contribution in [2.24, 2.45) is 0 Å². The molecule has 1 aromatic rings. The van der Waals surface area contributed by atoms with E-state index in [1.54, 1.807) is 0 Å². The largest absolute Gasteiger partial charge is 0.338 e. The molecule has 0 unspecified atom stereocenters. The molecule has 0 radical (unpaired) electrons. The molecular formula is C14H22BrN3O. The summed E-state index contributed by atoms with van der Waals surface area (Å²) >= 11 is 3.39. The molecular weight excluding hydrogens is 306 g/mol. The van der Waals surface area contributed by atoms with Crippen LogP contribution in [0.5, 0.6) is 0 Å². The molecule has 0 saturated heterocycles. The van der Waals surface area contributed by atoms with Gasteiger partial charge in [-0.1, -0.05) is 35.8 Å². The highest BCUT2D eigenvalue weighted by molar-refractivity contribution is 9.10. The van der Waals surface area contributed by atoms with Crippen molar-refractivity contribution in [3.8, 4) is 0 Å². The van der Waals surface area contributed by atoms with Crippen LogP contribution in [0.1, 0.15) is 25.8 Å². The van der Waals surface area contributed by atoms with Crippen molar-refractivity contribution in [1.29, 1.82) is 0 Å². The number of aryl methyl sites for hydroxylation is 1. The van der Waals surface area contributed by atoms with Gasteiger partial charge in [-0.05, 0) is 37.6 Å². The first-order valence-electron chi connectivity index (χ1n) is 6.53. The SMILES string of the molecule is Cc1ccc(Br)cc1NC(=O)NCCCNC(C)C. The fourth-order valence-corrected chi connectivity index (χ4v) is 1.94. The van der Waals surface area contributed by atoms with Crippen LogP contribution in [-0.4, -0.2) is 25.2 Å². The van der Waals surface area contributed by atoms with E-state index in [4.69, 9.17) is 0 Å². The lowest BCUT2D eigenvalue weighted by Crippen LogP contribution is -2.32. The van der Waals surface area contributed by atoms with E-state index >= 15 is 0 Å². The van der Waals surface area contributed by atoms with Gasteiger partial charge >= 0.3 is 6.03 Å². The maximum absolute atomic E-state index is 11.7. The van der Waals surface area contributed by atoms with Crippen molar-refractivity contribution in [1.82, 2.24) is 10.6 Å². The summed E-state index contributed by atoms with van der Waals surface area (Å²) in [6.45, 7) is 7.76. The van der Waals surface area contributed by atoms with Crippen LogP contribution in [0, 0.1) is 6.92 Å². The summed E-state index contributed by atoms with van der Waals surface area (Å²) < 4.78 is 0.953. The number of carbonyl (C=O) groups is 1. The fraction of sp³-hybridized carbons (Fsp3) is 0.500. The molecule has 19 heavy (non-hydrogen) atoms. The van der Waals surface area contributed by atoms with Crippen molar-refractivity contribution in [3.05, 3.63) is 28.2 Å². The minimum atomic E-state index is -0.161. The number of hydrogen-bond acceptors (Lipinski definition) is 2. The van der Waals surface area contributed by atoms with Gasteiger partial charge in [0.25, 0.3) is 0 Å². The maximum atomic E-state index is 11.7. The summed E-state index contributed by atoms with van der Waals surface area (Å²) in [5.41, 5.74) is 1.87. The van der Waals surface area contributed by atoms with E-state index in [2.05, 4.69) is 45.7 Å². The molecule has 1 rings (SSSR count). The summed E-state index contributed by atoms with van der Waals surface area (Å²) in [5, 5.41) is 9.00. The first-order valence-corrected chi connectivity index (χ1v) is 7.32. The molecule has 3 N–H and O–H groups in total. The Morgan fingerprint density at radius 3 is 2.74 bits per heavy atom. The maximum Gasteiger partial charge on any atom is 0.319 e. The minimum absolute atomic E-state index is 0.161. The number of anilines is 1. The molecule has 0 heterocycles. The van der Waals surface area contributed by atoms with Crippen molar-refractivity contribution in [3.63, 3.8) is 0 Å². The van der Waals surface area contributed by atoms with Gasteiger partial charge in [-0.3, -0.25) is 0 Å². The molecule has 5 heteroatoms. The second-order valence-corrected chi connectivity index (χ2v) is 5.72. The predicted molar refractivity (Wildman–Crippen MR) is 83.7 cm³/mol. The quantitative estimate of drug-likeness (QED) is 0.702. The van der Waals surface area contributed by atoms with Crippen LogP contribution in [0.3, 0.4) is 0 Å². The fourth-order valence-electron chi connectivity index (χ4n) is 1.58. The highest BCUT2D eigenvalue weighted by atomic mass is 79.9. The van der Waals surface area contributed by atoms with E-state index in [-0.39, 0.29) is 6.03 Å². The van der Waals surface area contributed by atoms with Crippen molar-refractivity contribution < 1.29 is 4.79 Å². The Morgan fingerprint density at radius 2 is 2.05 bits per heavy atom. The molecule has 2 amide bonds. The first-order chi connectivity index (χ1) is 8.99. The third kappa shape index (κ3) is 6.59. The van der Waals surface area contributed by atoms with Crippen LogP contribution in [0.4, 0.5) is 10.5 Å². The second-order valence-electron chi connectivity index (χ2n) is 4.80. The van der Waals surface area contributed by atoms with Gasteiger partial charge in [0, 0.05) is 22.7 Å². The predicted octanol–water partition coefficient (Wildman–Crippen LogP) is 3.27. The number of rotatable bonds is 6.